The standard InChI is InChI=1S/C37H54O6S/c1-5-9-19-39-26-32-35(40-20-10-6-2)37(42-22-12-8-4)36(41-21-11-7-3)34(43-32)28-17-18-31(38)29(23-28)25-30-24-27-15-13-14-16-33(27)44-30/h13-18,23-24,32,34-38H,5-12,19-22,25-26H2,1-4H3/t32-,34?,35-,36?,37?/m1/s1. The van der Waals surface area contributed by atoms with Gasteiger partial charge in [0.15, 0.2) is 0 Å². The van der Waals surface area contributed by atoms with E-state index in [1.54, 1.807) is 17.4 Å². The van der Waals surface area contributed by atoms with Crippen molar-refractivity contribution in [1.82, 2.24) is 0 Å². The third kappa shape index (κ3) is 9.75. The van der Waals surface area contributed by atoms with Gasteiger partial charge in [-0.3, -0.25) is 0 Å². The summed E-state index contributed by atoms with van der Waals surface area (Å²) < 4.78 is 34.2. The predicted molar refractivity (Wildman–Crippen MR) is 180 cm³/mol. The summed E-state index contributed by atoms with van der Waals surface area (Å²) in [7, 11) is 0. The van der Waals surface area contributed by atoms with E-state index in [1.165, 1.54) is 15.0 Å². The molecule has 7 heteroatoms. The maximum Gasteiger partial charge on any atom is 0.119 e. The fourth-order valence-electron chi connectivity index (χ4n) is 5.66. The Hall–Kier alpha value is -2.00. The van der Waals surface area contributed by atoms with Gasteiger partial charge in [-0.15, -0.1) is 11.3 Å². The molecule has 6 nitrogen and oxygen atoms in total. The quantitative estimate of drug-likeness (QED) is 0.126. The smallest absolute Gasteiger partial charge is 0.119 e. The topological polar surface area (TPSA) is 66.4 Å². The summed E-state index contributed by atoms with van der Waals surface area (Å²) in [5.41, 5.74) is 1.86. The zero-order chi connectivity index (χ0) is 31.1. The van der Waals surface area contributed by atoms with E-state index in [4.69, 9.17) is 23.7 Å². The monoisotopic (exact) mass is 626 g/mol. The number of phenols is 1. The number of aromatic hydroxyl groups is 1. The molecule has 3 aromatic rings. The van der Waals surface area contributed by atoms with Crippen molar-refractivity contribution in [1.29, 1.82) is 0 Å². The van der Waals surface area contributed by atoms with Crippen molar-refractivity contribution in [2.45, 2.75) is 116 Å². The highest BCUT2D eigenvalue weighted by Gasteiger charge is 2.48. The van der Waals surface area contributed by atoms with Crippen molar-refractivity contribution in [2.75, 3.05) is 33.0 Å². The van der Waals surface area contributed by atoms with Crippen molar-refractivity contribution in [3.63, 3.8) is 0 Å². The van der Waals surface area contributed by atoms with Crippen LogP contribution >= 0.6 is 11.3 Å². The molecule has 1 aromatic heterocycles. The number of hydrogen-bond donors (Lipinski definition) is 1. The largest absolute Gasteiger partial charge is 0.508 e. The Morgan fingerprint density at radius 3 is 2.05 bits per heavy atom. The van der Waals surface area contributed by atoms with E-state index in [0.29, 0.717) is 45.2 Å². The molecule has 1 aliphatic heterocycles. The normalized spacial score (nSPS) is 22.1. The first-order valence-electron chi connectivity index (χ1n) is 17.0. The first-order chi connectivity index (χ1) is 21.6. The zero-order valence-electron chi connectivity index (χ0n) is 27.3. The maximum atomic E-state index is 11.0. The van der Waals surface area contributed by atoms with Crippen molar-refractivity contribution < 1.29 is 28.8 Å². The van der Waals surface area contributed by atoms with E-state index in [9.17, 15) is 5.11 Å². The molecule has 0 saturated carbocycles. The van der Waals surface area contributed by atoms with Crippen molar-refractivity contribution in [3.8, 4) is 5.75 Å². The summed E-state index contributed by atoms with van der Waals surface area (Å²) in [6.07, 6.45) is 7.18. The van der Waals surface area contributed by atoms with Crippen LogP contribution in [0.3, 0.4) is 0 Å². The molecule has 0 spiro atoms. The Morgan fingerprint density at radius 1 is 0.727 bits per heavy atom. The molecular formula is C37H54O6S. The van der Waals surface area contributed by atoms with Crippen LogP contribution in [0.2, 0.25) is 0 Å². The Balaban J connectivity index is 1.67. The minimum Gasteiger partial charge on any atom is -0.508 e. The van der Waals surface area contributed by atoms with Crippen LogP contribution in [-0.2, 0) is 30.1 Å². The molecule has 44 heavy (non-hydrogen) atoms. The summed E-state index contributed by atoms with van der Waals surface area (Å²) in [4.78, 5) is 1.21. The summed E-state index contributed by atoms with van der Waals surface area (Å²) in [5.74, 6) is 0.293. The van der Waals surface area contributed by atoms with Crippen LogP contribution in [0.25, 0.3) is 10.1 Å². The lowest BCUT2D eigenvalue weighted by molar-refractivity contribution is -0.268. The number of unbranched alkanes of at least 4 members (excludes halogenated alkanes) is 4. The average molecular weight is 627 g/mol. The van der Waals surface area contributed by atoms with Gasteiger partial charge in [-0.25, -0.2) is 0 Å². The first kappa shape index (κ1) is 34.9. The van der Waals surface area contributed by atoms with Gasteiger partial charge in [-0.05, 0) is 66.5 Å². The molecule has 3 unspecified atom stereocenters. The lowest BCUT2D eigenvalue weighted by Gasteiger charge is -2.46. The third-order valence-corrected chi connectivity index (χ3v) is 9.37. The molecular weight excluding hydrogens is 572 g/mol. The van der Waals surface area contributed by atoms with Gasteiger partial charge in [0.05, 0.1) is 6.61 Å². The minimum atomic E-state index is -0.383. The van der Waals surface area contributed by atoms with Gasteiger partial charge < -0.3 is 28.8 Å². The SMILES string of the molecule is CCCCOC[C@H]1OC(c2ccc(O)c(Cc3cc4ccccc4s3)c2)C(OCCCC)C(OCCCC)[C@@H]1OCCCC. The van der Waals surface area contributed by atoms with Crippen LogP contribution < -0.4 is 0 Å². The molecule has 2 aromatic carbocycles. The fourth-order valence-corrected chi connectivity index (χ4v) is 6.75. The van der Waals surface area contributed by atoms with E-state index >= 15 is 0 Å². The predicted octanol–water partition coefficient (Wildman–Crippen LogP) is 9.01. The molecule has 0 bridgehead atoms. The lowest BCUT2D eigenvalue weighted by Crippen LogP contribution is -2.58. The molecule has 1 aliphatic rings. The maximum absolute atomic E-state index is 11.0. The van der Waals surface area contributed by atoms with Crippen LogP contribution in [0.4, 0.5) is 0 Å². The number of hydrogen-bond acceptors (Lipinski definition) is 7. The van der Waals surface area contributed by atoms with Gasteiger partial charge in [-0.1, -0.05) is 77.6 Å². The van der Waals surface area contributed by atoms with Gasteiger partial charge in [0.2, 0.25) is 0 Å². The van der Waals surface area contributed by atoms with Crippen molar-refractivity contribution >= 4 is 21.4 Å². The molecule has 0 amide bonds. The number of phenolic OH excluding ortho intramolecular Hbond substituents is 1. The molecule has 4 rings (SSSR count). The third-order valence-electron chi connectivity index (χ3n) is 8.26. The van der Waals surface area contributed by atoms with Crippen molar-refractivity contribution in [3.05, 3.63) is 64.5 Å². The summed E-state index contributed by atoms with van der Waals surface area (Å²) in [6, 6.07) is 16.5. The number of thiophene rings is 1. The van der Waals surface area contributed by atoms with Crippen LogP contribution in [-0.4, -0.2) is 62.6 Å². The number of rotatable bonds is 20. The second-order valence-corrected chi connectivity index (χ2v) is 13.1. The Kier molecular flexibility index (Phi) is 14.9. The van der Waals surface area contributed by atoms with E-state index in [2.05, 4.69) is 64.1 Å². The molecule has 1 saturated heterocycles. The minimum absolute atomic E-state index is 0.293. The van der Waals surface area contributed by atoms with Crippen LogP contribution in [0.5, 0.6) is 5.75 Å². The number of fused-ring (bicyclic) bond motifs is 1. The second kappa shape index (κ2) is 18.8. The second-order valence-electron chi connectivity index (χ2n) is 11.9. The van der Waals surface area contributed by atoms with Crippen LogP contribution in [0.15, 0.2) is 48.5 Å². The highest BCUT2D eigenvalue weighted by atomic mass is 32.1. The molecule has 2 heterocycles. The van der Waals surface area contributed by atoms with Gasteiger partial charge in [0.25, 0.3) is 0 Å². The molecule has 5 atom stereocenters. The Morgan fingerprint density at radius 2 is 1.36 bits per heavy atom. The van der Waals surface area contributed by atoms with Gasteiger partial charge in [0.1, 0.15) is 36.3 Å². The zero-order valence-corrected chi connectivity index (χ0v) is 28.1. The van der Waals surface area contributed by atoms with E-state index in [-0.39, 0.29) is 30.5 Å². The summed E-state index contributed by atoms with van der Waals surface area (Å²) >= 11 is 1.77. The van der Waals surface area contributed by atoms with Gasteiger partial charge in [-0.2, -0.15) is 0 Å². The molecule has 1 fully saturated rings. The van der Waals surface area contributed by atoms with E-state index < -0.39 is 0 Å². The average Bonchev–Trinajstić information content (AvgIpc) is 3.44. The Labute approximate surface area is 269 Å². The van der Waals surface area contributed by atoms with Gasteiger partial charge in [0, 0.05) is 42.4 Å². The van der Waals surface area contributed by atoms with E-state index in [1.807, 2.05) is 6.07 Å². The van der Waals surface area contributed by atoms with Gasteiger partial charge >= 0.3 is 0 Å². The molecule has 0 radical (unpaired) electrons. The number of benzene rings is 2. The fraction of sp³-hybridized carbons (Fsp3) is 0.622. The number of ether oxygens (including phenoxy) is 5. The van der Waals surface area contributed by atoms with Crippen molar-refractivity contribution in [2.24, 2.45) is 0 Å². The summed E-state index contributed by atoms with van der Waals surface area (Å²) in [6.45, 7) is 11.8. The Bertz CT molecular complexity index is 1190. The molecule has 244 valence electrons. The highest BCUT2D eigenvalue weighted by molar-refractivity contribution is 7.19. The molecule has 1 N–H and O–H groups in total. The highest BCUT2D eigenvalue weighted by Crippen LogP contribution is 2.39. The lowest BCUT2D eigenvalue weighted by atomic mass is 9.89. The molecule has 0 aliphatic carbocycles. The first-order valence-corrected chi connectivity index (χ1v) is 17.8. The van der Waals surface area contributed by atoms with Crippen LogP contribution in [0, 0.1) is 0 Å². The summed E-state index contributed by atoms with van der Waals surface area (Å²) in [5, 5.41) is 12.2. The van der Waals surface area contributed by atoms with E-state index in [0.717, 1.165) is 62.5 Å². The van der Waals surface area contributed by atoms with Crippen LogP contribution in [0.1, 0.15) is 101 Å².